The van der Waals surface area contributed by atoms with Crippen LogP contribution < -0.4 is 0 Å². The van der Waals surface area contributed by atoms with E-state index in [1.807, 2.05) is 19.4 Å². The number of fused-ring (bicyclic) bond motifs is 5. The number of hydrogen-bond acceptors (Lipinski definition) is 3. The Balaban J connectivity index is 1.41. The minimum absolute atomic E-state index is 0.0815. The van der Waals surface area contributed by atoms with Gasteiger partial charge < -0.3 is 4.57 Å². The SMILES string of the molecule is Cn1ccnc1S[C@@H]1C[C@@H]2[C@@H]3CC[C@@H]4CCCC[C@]4(C)[C@@H]3CC[C@]2(C)C1=O. The zero-order valence-corrected chi connectivity index (χ0v) is 17.9. The molecule has 0 spiro atoms. The predicted octanol–water partition coefficient (Wildman–Crippen LogP) is 5.49. The van der Waals surface area contributed by atoms with Gasteiger partial charge in [-0.2, -0.15) is 0 Å². The van der Waals surface area contributed by atoms with Crippen LogP contribution >= 0.6 is 11.8 Å². The lowest BCUT2D eigenvalue weighted by Gasteiger charge is -2.59. The van der Waals surface area contributed by atoms with Crippen LogP contribution in [0, 0.1) is 34.5 Å². The van der Waals surface area contributed by atoms with Crippen LogP contribution in [-0.4, -0.2) is 20.6 Å². The van der Waals surface area contributed by atoms with Gasteiger partial charge in [0.1, 0.15) is 0 Å². The van der Waals surface area contributed by atoms with Crippen LogP contribution in [0.3, 0.4) is 0 Å². The first-order valence-corrected chi connectivity index (χ1v) is 12.0. The molecule has 0 aliphatic heterocycles. The first kappa shape index (κ1) is 18.3. The Morgan fingerprint density at radius 1 is 1.11 bits per heavy atom. The number of ketones is 1. The Labute approximate surface area is 168 Å². The topological polar surface area (TPSA) is 34.9 Å². The van der Waals surface area contributed by atoms with Crippen molar-refractivity contribution >= 4 is 17.5 Å². The molecular formula is C23H34N2OS. The number of imidazole rings is 1. The maximum Gasteiger partial charge on any atom is 0.168 e. The molecule has 0 amide bonds. The largest absolute Gasteiger partial charge is 0.329 e. The van der Waals surface area contributed by atoms with Gasteiger partial charge in [-0.1, -0.05) is 38.5 Å². The number of aromatic nitrogens is 2. The number of Topliss-reactive ketones (excluding diaryl/α,β-unsaturated/α-hetero) is 1. The quantitative estimate of drug-likeness (QED) is 0.674. The summed E-state index contributed by atoms with van der Waals surface area (Å²) in [5, 5.41) is 1.10. The van der Waals surface area contributed by atoms with Gasteiger partial charge in [0.05, 0.1) is 5.25 Å². The van der Waals surface area contributed by atoms with E-state index in [-0.39, 0.29) is 10.7 Å². The van der Waals surface area contributed by atoms with Gasteiger partial charge >= 0.3 is 0 Å². The molecule has 1 aromatic rings. The molecule has 0 saturated heterocycles. The second-order valence-electron chi connectivity index (χ2n) is 10.4. The summed E-state index contributed by atoms with van der Waals surface area (Å²) >= 11 is 1.72. The van der Waals surface area contributed by atoms with Gasteiger partial charge in [-0.25, -0.2) is 4.98 Å². The number of nitrogens with zero attached hydrogens (tertiary/aromatic N) is 2. The smallest absolute Gasteiger partial charge is 0.168 e. The lowest BCUT2D eigenvalue weighted by molar-refractivity contribution is -0.138. The van der Waals surface area contributed by atoms with E-state index in [1.165, 1.54) is 44.9 Å². The predicted molar refractivity (Wildman–Crippen MR) is 110 cm³/mol. The van der Waals surface area contributed by atoms with E-state index >= 15 is 0 Å². The number of carbonyl (C=O) groups excluding carboxylic acids is 1. The molecule has 0 radical (unpaired) electrons. The Bertz CT molecular complexity index is 744. The number of rotatable bonds is 2. The van der Waals surface area contributed by atoms with Gasteiger partial charge in [-0.15, -0.1) is 0 Å². The Morgan fingerprint density at radius 2 is 1.96 bits per heavy atom. The van der Waals surface area contributed by atoms with E-state index < -0.39 is 0 Å². The van der Waals surface area contributed by atoms with Gasteiger partial charge in [-0.05, 0) is 74.0 Å². The van der Waals surface area contributed by atoms with E-state index in [2.05, 4.69) is 23.4 Å². The summed E-state index contributed by atoms with van der Waals surface area (Å²) in [4.78, 5) is 18.0. The van der Waals surface area contributed by atoms with E-state index in [9.17, 15) is 4.79 Å². The summed E-state index contributed by atoms with van der Waals surface area (Å²) in [6.45, 7) is 4.93. The zero-order valence-electron chi connectivity index (χ0n) is 17.1. The molecule has 7 atom stereocenters. The van der Waals surface area contributed by atoms with Gasteiger partial charge in [0.25, 0.3) is 0 Å². The van der Waals surface area contributed by atoms with Crippen LogP contribution in [0.4, 0.5) is 0 Å². The number of aryl methyl sites for hydroxylation is 1. The molecule has 3 nitrogen and oxygen atoms in total. The molecule has 5 rings (SSSR count). The van der Waals surface area contributed by atoms with Crippen molar-refractivity contribution in [1.29, 1.82) is 0 Å². The third-order valence-corrected chi connectivity index (χ3v) is 10.6. The van der Waals surface area contributed by atoms with Gasteiger partial charge in [0, 0.05) is 24.9 Å². The Hall–Kier alpha value is -0.770. The summed E-state index contributed by atoms with van der Waals surface area (Å²) in [5.41, 5.74) is 0.471. The van der Waals surface area contributed by atoms with Crippen molar-refractivity contribution in [3.63, 3.8) is 0 Å². The molecule has 1 heterocycles. The molecule has 0 unspecified atom stereocenters. The average Bonchev–Trinajstić information content (AvgIpc) is 3.17. The Kier molecular flexibility index (Phi) is 4.31. The highest BCUT2D eigenvalue weighted by molar-refractivity contribution is 8.00. The van der Waals surface area contributed by atoms with Crippen molar-refractivity contribution in [2.24, 2.45) is 41.5 Å². The maximum atomic E-state index is 13.5. The summed E-state index contributed by atoms with van der Waals surface area (Å²) in [7, 11) is 2.03. The third kappa shape index (κ3) is 2.61. The molecule has 148 valence electrons. The normalized spacial score (nSPS) is 46.6. The van der Waals surface area contributed by atoms with Gasteiger partial charge in [0.2, 0.25) is 0 Å². The van der Waals surface area contributed by atoms with Crippen molar-refractivity contribution in [2.45, 2.75) is 82.0 Å². The minimum atomic E-state index is -0.0815. The lowest BCUT2D eigenvalue weighted by Crippen LogP contribution is -2.52. The molecule has 0 bridgehead atoms. The third-order valence-electron chi connectivity index (χ3n) is 9.32. The fourth-order valence-corrected chi connectivity index (χ4v) is 9.04. The lowest BCUT2D eigenvalue weighted by atomic mass is 9.45. The second-order valence-corrected chi connectivity index (χ2v) is 11.6. The fourth-order valence-electron chi connectivity index (χ4n) is 7.76. The van der Waals surface area contributed by atoms with E-state index in [1.54, 1.807) is 11.8 Å². The van der Waals surface area contributed by atoms with Crippen molar-refractivity contribution in [3.05, 3.63) is 12.4 Å². The zero-order chi connectivity index (χ0) is 18.8. The molecule has 1 aromatic heterocycles. The highest BCUT2D eigenvalue weighted by atomic mass is 32.2. The van der Waals surface area contributed by atoms with Crippen LogP contribution in [0.1, 0.15) is 71.6 Å². The maximum absolute atomic E-state index is 13.5. The van der Waals surface area contributed by atoms with Crippen LogP contribution in [0.2, 0.25) is 0 Å². The summed E-state index contributed by atoms with van der Waals surface area (Å²) < 4.78 is 2.05. The molecule has 0 N–H and O–H groups in total. The number of hydrogen-bond donors (Lipinski definition) is 0. The molecule has 4 fully saturated rings. The molecule has 4 aliphatic carbocycles. The fraction of sp³-hybridized carbons (Fsp3) is 0.826. The highest BCUT2D eigenvalue weighted by Gasteiger charge is 2.62. The van der Waals surface area contributed by atoms with Crippen molar-refractivity contribution in [2.75, 3.05) is 0 Å². The van der Waals surface area contributed by atoms with Crippen LogP contribution in [0.25, 0.3) is 0 Å². The van der Waals surface area contributed by atoms with E-state index in [0.717, 1.165) is 35.8 Å². The van der Waals surface area contributed by atoms with E-state index in [4.69, 9.17) is 0 Å². The molecule has 4 aliphatic rings. The van der Waals surface area contributed by atoms with Crippen molar-refractivity contribution in [1.82, 2.24) is 9.55 Å². The second kappa shape index (κ2) is 6.37. The molecule has 4 heteroatoms. The highest BCUT2D eigenvalue weighted by Crippen LogP contribution is 2.66. The summed E-state index contributed by atoms with van der Waals surface area (Å²) in [5.74, 6) is 3.71. The van der Waals surface area contributed by atoms with Gasteiger partial charge in [-0.3, -0.25) is 4.79 Å². The van der Waals surface area contributed by atoms with Crippen molar-refractivity contribution in [3.8, 4) is 0 Å². The van der Waals surface area contributed by atoms with Crippen LogP contribution in [0.15, 0.2) is 17.6 Å². The first-order valence-electron chi connectivity index (χ1n) is 11.1. The van der Waals surface area contributed by atoms with Crippen LogP contribution in [-0.2, 0) is 11.8 Å². The van der Waals surface area contributed by atoms with E-state index in [0.29, 0.717) is 17.1 Å². The standard InChI is InChI=1S/C23H34N2OS/c1-22-10-5-4-6-15(22)7-8-16-17(22)9-11-23(2)18(16)14-19(20(23)26)27-21-24-12-13-25(21)3/h12-13,15-19H,4-11,14H2,1-3H3/t15-,16+,17+,18+,19+,22-,23-/m0/s1. The first-order chi connectivity index (χ1) is 12.9. The summed E-state index contributed by atoms with van der Waals surface area (Å²) in [6.07, 6.45) is 15.9. The van der Waals surface area contributed by atoms with Crippen molar-refractivity contribution < 1.29 is 4.79 Å². The number of carbonyl (C=O) groups is 1. The van der Waals surface area contributed by atoms with Crippen LogP contribution in [0.5, 0.6) is 0 Å². The molecule has 4 saturated carbocycles. The molecule has 27 heavy (non-hydrogen) atoms. The molecule has 0 aromatic carbocycles. The molecular weight excluding hydrogens is 352 g/mol. The number of thioether (sulfide) groups is 1. The average molecular weight is 387 g/mol. The minimum Gasteiger partial charge on any atom is -0.329 e. The summed E-state index contributed by atoms with van der Waals surface area (Å²) in [6, 6.07) is 0. The Morgan fingerprint density at radius 3 is 2.74 bits per heavy atom. The van der Waals surface area contributed by atoms with Gasteiger partial charge in [0.15, 0.2) is 10.9 Å². The monoisotopic (exact) mass is 386 g/mol.